The van der Waals surface area contributed by atoms with E-state index >= 15 is 0 Å². The van der Waals surface area contributed by atoms with E-state index in [1.165, 1.54) is 7.11 Å². The van der Waals surface area contributed by atoms with Crippen LogP contribution in [0.2, 0.25) is 0 Å². The van der Waals surface area contributed by atoms with Gasteiger partial charge in [-0.15, -0.1) is 0 Å². The second-order valence-electron chi connectivity index (χ2n) is 9.52. The van der Waals surface area contributed by atoms with Crippen LogP contribution in [0.4, 0.5) is 4.39 Å². The predicted octanol–water partition coefficient (Wildman–Crippen LogP) is 5.77. The fourth-order valence-electron chi connectivity index (χ4n) is 4.61. The molecule has 0 saturated heterocycles. The van der Waals surface area contributed by atoms with Gasteiger partial charge in [-0.2, -0.15) is 0 Å². The molecule has 0 bridgehead atoms. The van der Waals surface area contributed by atoms with Crippen molar-refractivity contribution in [2.24, 2.45) is 5.41 Å². The molecule has 1 saturated carbocycles. The van der Waals surface area contributed by atoms with Gasteiger partial charge in [-0.05, 0) is 48.9 Å². The molecular weight excluding hydrogens is 479 g/mol. The molecule has 0 atom stereocenters. The summed E-state index contributed by atoms with van der Waals surface area (Å²) in [5.41, 5.74) is 0.0884. The highest BCUT2D eigenvalue weighted by Gasteiger charge is 2.40. The summed E-state index contributed by atoms with van der Waals surface area (Å²) < 4.78 is 36.5. The number of methoxy groups -OCH3 is 1. The molecule has 196 valence electrons. The number of benzene rings is 3. The normalized spacial score (nSPS) is 19.4. The van der Waals surface area contributed by atoms with Gasteiger partial charge in [-0.3, -0.25) is 4.79 Å². The van der Waals surface area contributed by atoms with Crippen molar-refractivity contribution < 1.29 is 38.0 Å². The molecule has 1 fully saturated rings. The summed E-state index contributed by atoms with van der Waals surface area (Å²) in [6, 6.07) is 16.0. The summed E-state index contributed by atoms with van der Waals surface area (Å²) in [4.78, 5) is 24.7. The molecule has 1 aliphatic carbocycles. The SMILES string of the molecule is COCCOc1cc(F)c(O[C@H]2CC[C@@](C)(C(=O)OCc3cccc4ccccc34)CC2)cc1C(=O)O. The van der Waals surface area contributed by atoms with E-state index < -0.39 is 17.2 Å². The fourth-order valence-corrected chi connectivity index (χ4v) is 4.61. The second-order valence-corrected chi connectivity index (χ2v) is 9.52. The van der Waals surface area contributed by atoms with Gasteiger partial charge in [0.1, 0.15) is 24.5 Å². The molecule has 0 aromatic heterocycles. The van der Waals surface area contributed by atoms with E-state index in [1.54, 1.807) is 0 Å². The molecule has 0 aliphatic heterocycles. The van der Waals surface area contributed by atoms with E-state index in [1.807, 2.05) is 49.4 Å². The van der Waals surface area contributed by atoms with Gasteiger partial charge < -0.3 is 24.1 Å². The first-order chi connectivity index (χ1) is 17.8. The molecule has 3 aromatic rings. The standard InChI is InChI=1S/C29H31FO7/c1-29(28(33)36-18-20-8-5-7-19-6-3-4-9-22(19)20)12-10-21(11-13-29)37-26-16-23(27(31)32)25(17-24(26)30)35-15-14-34-2/h3-9,16-17,21H,10-15,18H2,1-2H3,(H,31,32)/t21-,29+. The van der Waals surface area contributed by atoms with Crippen LogP contribution in [-0.2, 0) is 20.9 Å². The Balaban J connectivity index is 1.36. The highest BCUT2D eigenvalue weighted by atomic mass is 19.1. The van der Waals surface area contributed by atoms with Gasteiger partial charge >= 0.3 is 11.9 Å². The number of fused-ring (bicyclic) bond motifs is 1. The Bertz CT molecular complexity index is 1260. The van der Waals surface area contributed by atoms with Gasteiger partial charge in [0.05, 0.1) is 18.1 Å². The number of hydrogen-bond donors (Lipinski definition) is 1. The first kappa shape index (κ1) is 26.4. The third-order valence-corrected chi connectivity index (χ3v) is 6.87. The third kappa shape index (κ3) is 6.20. The van der Waals surface area contributed by atoms with Gasteiger partial charge in [-0.1, -0.05) is 42.5 Å². The quantitative estimate of drug-likeness (QED) is 0.273. The Hall–Kier alpha value is -3.65. The van der Waals surface area contributed by atoms with Crippen molar-refractivity contribution in [2.75, 3.05) is 20.3 Å². The molecule has 0 heterocycles. The Morgan fingerprint density at radius 1 is 1.03 bits per heavy atom. The van der Waals surface area contributed by atoms with Crippen LogP contribution in [0.25, 0.3) is 10.8 Å². The third-order valence-electron chi connectivity index (χ3n) is 6.87. The Labute approximate surface area is 215 Å². The molecule has 0 unspecified atom stereocenters. The highest BCUT2D eigenvalue weighted by molar-refractivity contribution is 5.91. The number of carboxylic acid groups (broad SMARTS) is 1. The molecule has 3 aromatic carbocycles. The van der Waals surface area contributed by atoms with E-state index in [0.717, 1.165) is 28.5 Å². The lowest BCUT2D eigenvalue weighted by Crippen LogP contribution is -2.37. The van der Waals surface area contributed by atoms with Crippen LogP contribution in [0.15, 0.2) is 54.6 Å². The zero-order valence-electron chi connectivity index (χ0n) is 21.0. The largest absolute Gasteiger partial charge is 0.490 e. The maximum atomic E-state index is 14.7. The fraction of sp³-hybridized carbons (Fsp3) is 0.379. The predicted molar refractivity (Wildman–Crippen MR) is 135 cm³/mol. The maximum Gasteiger partial charge on any atom is 0.339 e. The molecule has 0 spiro atoms. The van der Waals surface area contributed by atoms with Gasteiger partial charge in [0.15, 0.2) is 11.6 Å². The van der Waals surface area contributed by atoms with E-state index in [4.69, 9.17) is 18.9 Å². The van der Waals surface area contributed by atoms with Crippen LogP contribution in [0.3, 0.4) is 0 Å². The minimum absolute atomic E-state index is 0.0837. The molecule has 1 aliphatic rings. The monoisotopic (exact) mass is 510 g/mol. The molecule has 1 N–H and O–H groups in total. The number of esters is 1. The molecule has 8 heteroatoms. The lowest BCUT2D eigenvalue weighted by molar-refractivity contribution is -0.159. The Kier molecular flexibility index (Phi) is 8.28. The molecule has 37 heavy (non-hydrogen) atoms. The van der Waals surface area contributed by atoms with Crippen LogP contribution in [0.5, 0.6) is 11.5 Å². The van der Waals surface area contributed by atoms with Crippen LogP contribution in [-0.4, -0.2) is 43.5 Å². The molecular formula is C29H31FO7. The van der Waals surface area contributed by atoms with E-state index in [0.29, 0.717) is 25.7 Å². The van der Waals surface area contributed by atoms with Gasteiger partial charge in [0.2, 0.25) is 0 Å². The van der Waals surface area contributed by atoms with Crippen molar-refractivity contribution in [3.05, 3.63) is 71.5 Å². The summed E-state index contributed by atoms with van der Waals surface area (Å²) in [6.07, 6.45) is 1.69. The summed E-state index contributed by atoms with van der Waals surface area (Å²) in [7, 11) is 1.49. The highest BCUT2D eigenvalue weighted by Crippen LogP contribution is 2.39. The second kappa shape index (κ2) is 11.6. The van der Waals surface area contributed by atoms with Crippen molar-refractivity contribution >= 4 is 22.7 Å². The van der Waals surface area contributed by atoms with Crippen LogP contribution in [0, 0.1) is 11.2 Å². The first-order valence-corrected chi connectivity index (χ1v) is 12.3. The van der Waals surface area contributed by atoms with E-state index in [-0.39, 0.29) is 49.0 Å². The van der Waals surface area contributed by atoms with Crippen molar-refractivity contribution in [3.63, 3.8) is 0 Å². The van der Waals surface area contributed by atoms with Crippen molar-refractivity contribution in [1.29, 1.82) is 0 Å². The van der Waals surface area contributed by atoms with E-state index in [9.17, 15) is 19.1 Å². The molecule has 0 amide bonds. The van der Waals surface area contributed by atoms with Crippen LogP contribution >= 0.6 is 0 Å². The first-order valence-electron chi connectivity index (χ1n) is 12.3. The number of carbonyl (C=O) groups excluding carboxylic acids is 1. The number of aromatic carboxylic acids is 1. The van der Waals surface area contributed by atoms with Gasteiger partial charge in [0.25, 0.3) is 0 Å². The van der Waals surface area contributed by atoms with Crippen LogP contribution in [0.1, 0.15) is 48.5 Å². The minimum Gasteiger partial charge on any atom is -0.490 e. The number of hydrogen-bond acceptors (Lipinski definition) is 6. The molecule has 0 radical (unpaired) electrons. The average molecular weight is 511 g/mol. The number of carboxylic acids is 1. The topological polar surface area (TPSA) is 91.3 Å². The zero-order valence-corrected chi connectivity index (χ0v) is 21.0. The van der Waals surface area contributed by atoms with Crippen molar-refractivity contribution in [1.82, 2.24) is 0 Å². The summed E-state index contributed by atoms with van der Waals surface area (Å²) in [5, 5.41) is 11.7. The number of carbonyl (C=O) groups is 2. The molecule has 7 nitrogen and oxygen atoms in total. The maximum absolute atomic E-state index is 14.7. The Morgan fingerprint density at radius 3 is 2.49 bits per heavy atom. The number of rotatable bonds is 10. The van der Waals surface area contributed by atoms with Crippen LogP contribution < -0.4 is 9.47 Å². The summed E-state index contributed by atoms with van der Waals surface area (Å²) in [6.45, 7) is 2.40. The summed E-state index contributed by atoms with van der Waals surface area (Å²) >= 11 is 0. The van der Waals surface area contributed by atoms with Gasteiger partial charge in [0, 0.05) is 19.2 Å². The van der Waals surface area contributed by atoms with Crippen molar-refractivity contribution in [3.8, 4) is 11.5 Å². The lowest BCUT2D eigenvalue weighted by atomic mass is 9.74. The average Bonchev–Trinajstić information content (AvgIpc) is 2.90. The zero-order chi connectivity index (χ0) is 26.4. The lowest BCUT2D eigenvalue weighted by Gasteiger charge is -2.35. The smallest absolute Gasteiger partial charge is 0.339 e. The number of ether oxygens (including phenoxy) is 4. The van der Waals surface area contributed by atoms with Crippen molar-refractivity contribution in [2.45, 2.75) is 45.3 Å². The summed E-state index contributed by atoms with van der Waals surface area (Å²) in [5.74, 6) is -2.46. The van der Waals surface area contributed by atoms with E-state index in [2.05, 4.69) is 0 Å². The molecule has 4 rings (SSSR count). The minimum atomic E-state index is -1.25. The number of halogens is 1. The van der Waals surface area contributed by atoms with Gasteiger partial charge in [-0.25, -0.2) is 9.18 Å². The Morgan fingerprint density at radius 2 is 1.76 bits per heavy atom.